The third-order valence-electron chi connectivity index (χ3n) is 4.28. The van der Waals surface area contributed by atoms with E-state index in [4.69, 9.17) is 44.0 Å². The van der Waals surface area contributed by atoms with Crippen LogP contribution < -0.4 is 10.1 Å². The average Bonchev–Trinajstić information content (AvgIpc) is 3.31. The molecule has 2 aromatic rings. The Balaban J connectivity index is 1.55. The number of carbonyl (C=O) groups is 1. The molecule has 1 saturated heterocycles. The van der Waals surface area contributed by atoms with E-state index in [9.17, 15) is 4.79 Å². The molecule has 0 aliphatic carbocycles. The van der Waals surface area contributed by atoms with Crippen molar-refractivity contribution in [3.05, 3.63) is 51.4 Å². The lowest BCUT2D eigenvalue weighted by Crippen LogP contribution is -2.38. The van der Waals surface area contributed by atoms with Gasteiger partial charge in [-0.3, -0.25) is 9.69 Å². The van der Waals surface area contributed by atoms with Crippen molar-refractivity contribution < 1.29 is 13.9 Å². The lowest BCUT2D eigenvalue weighted by atomic mass is 10.2. The van der Waals surface area contributed by atoms with Crippen LogP contribution in [0.4, 0.5) is 0 Å². The summed E-state index contributed by atoms with van der Waals surface area (Å²) in [6.45, 7) is 2.28. The fourth-order valence-corrected chi connectivity index (χ4v) is 3.55. The average molecular weight is 418 g/mol. The number of carbonyl (C=O) groups excluding carboxylic acids is 1. The number of hydrogen-bond donors (Lipinski definition) is 1. The molecule has 0 spiro atoms. The second-order valence-corrected chi connectivity index (χ2v) is 7.29. The fourth-order valence-electron chi connectivity index (χ4n) is 2.96. The molecule has 2 heterocycles. The molecule has 1 aromatic heterocycles. The third-order valence-corrected chi connectivity index (χ3v) is 5.30. The topological polar surface area (TPSA) is 54.7 Å². The maximum absolute atomic E-state index is 12.2. The van der Waals surface area contributed by atoms with Gasteiger partial charge in [0.2, 0.25) is 0 Å². The number of benzene rings is 1. The molecule has 26 heavy (non-hydrogen) atoms. The van der Waals surface area contributed by atoms with Crippen molar-refractivity contribution in [3.8, 4) is 5.75 Å². The zero-order chi connectivity index (χ0) is 18.5. The predicted molar refractivity (Wildman–Crippen MR) is 102 cm³/mol. The molecule has 1 N–H and O–H groups in total. The van der Waals surface area contributed by atoms with E-state index in [1.165, 1.54) is 12.1 Å². The van der Waals surface area contributed by atoms with Gasteiger partial charge in [0.15, 0.2) is 6.61 Å². The third kappa shape index (κ3) is 4.86. The summed E-state index contributed by atoms with van der Waals surface area (Å²) in [4.78, 5) is 14.5. The Morgan fingerprint density at radius 3 is 2.62 bits per heavy atom. The Kier molecular flexibility index (Phi) is 6.70. The number of nitrogens with one attached hydrogen (secondary N) is 1. The van der Waals surface area contributed by atoms with Crippen molar-refractivity contribution in [2.24, 2.45) is 0 Å². The monoisotopic (exact) mass is 416 g/mol. The molecule has 1 amide bonds. The van der Waals surface area contributed by atoms with Gasteiger partial charge in [-0.15, -0.1) is 0 Å². The summed E-state index contributed by atoms with van der Waals surface area (Å²) < 4.78 is 11.0. The van der Waals surface area contributed by atoms with E-state index >= 15 is 0 Å². The van der Waals surface area contributed by atoms with Crippen LogP contribution in [-0.2, 0) is 4.79 Å². The zero-order valence-corrected chi connectivity index (χ0v) is 16.3. The number of hydrogen-bond acceptors (Lipinski definition) is 4. The van der Waals surface area contributed by atoms with E-state index in [2.05, 4.69) is 10.2 Å². The van der Waals surface area contributed by atoms with Crippen molar-refractivity contribution in [2.75, 3.05) is 26.2 Å². The van der Waals surface area contributed by atoms with Crippen LogP contribution in [0.3, 0.4) is 0 Å². The minimum absolute atomic E-state index is 0.0185. The van der Waals surface area contributed by atoms with Crippen LogP contribution in [0.15, 0.2) is 34.9 Å². The van der Waals surface area contributed by atoms with Gasteiger partial charge in [-0.2, -0.15) is 0 Å². The SMILES string of the molecule is O=C(COc1cc(Cl)c(Cl)cc1Cl)NCC(c1ccco1)N1CCCC1. The normalized spacial score (nSPS) is 15.8. The maximum Gasteiger partial charge on any atom is 0.258 e. The summed E-state index contributed by atoms with van der Waals surface area (Å²) in [7, 11) is 0. The first kappa shape index (κ1) is 19.4. The van der Waals surface area contributed by atoms with E-state index in [-0.39, 0.29) is 18.6 Å². The Hall–Kier alpha value is -1.40. The van der Waals surface area contributed by atoms with Gasteiger partial charge in [-0.25, -0.2) is 0 Å². The lowest BCUT2D eigenvalue weighted by Gasteiger charge is -2.26. The van der Waals surface area contributed by atoms with Crippen molar-refractivity contribution in [1.82, 2.24) is 10.2 Å². The second-order valence-electron chi connectivity index (χ2n) is 6.06. The molecule has 1 unspecified atom stereocenters. The first-order valence-corrected chi connectivity index (χ1v) is 9.49. The molecule has 140 valence electrons. The van der Waals surface area contributed by atoms with Crippen LogP contribution >= 0.6 is 34.8 Å². The summed E-state index contributed by atoms with van der Waals surface area (Å²) in [6.07, 6.45) is 3.96. The number of likely N-dealkylation sites (tertiary alicyclic amines) is 1. The van der Waals surface area contributed by atoms with Crippen LogP contribution in [0, 0.1) is 0 Å². The van der Waals surface area contributed by atoms with Gasteiger partial charge >= 0.3 is 0 Å². The highest BCUT2D eigenvalue weighted by Gasteiger charge is 2.26. The zero-order valence-electron chi connectivity index (χ0n) is 14.0. The Morgan fingerprint density at radius 1 is 1.19 bits per heavy atom. The number of rotatable bonds is 7. The van der Waals surface area contributed by atoms with Crippen molar-refractivity contribution in [2.45, 2.75) is 18.9 Å². The molecule has 1 aromatic carbocycles. The van der Waals surface area contributed by atoms with Gasteiger partial charge in [-0.1, -0.05) is 34.8 Å². The molecule has 0 radical (unpaired) electrons. The van der Waals surface area contributed by atoms with E-state index in [0.29, 0.717) is 27.4 Å². The van der Waals surface area contributed by atoms with Crippen LogP contribution in [0.25, 0.3) is 0 Å². The largest absolute Gasteiger partial charge is 0.482 e. The van der Waals surface area contributed by atoms with Crippen molar-refractivity contribution in [1.29, 1.82) is 0 Å². The Bertz CT molecular complexity index is 746. The lowest BCUT2D eigenvalue weighted by molar-refractivity contribution is -0.123. The molecule has 1 atom stereocenters. The predicted octanol–water partition coefficient (Wildman–Crippen LogP) is 4.57. The molecule has 1 aliphatic heterocycles. The minimum Gasteiger partial charge on any atom is -0.482 e. The summed E-state index contributed by atoms with van der Waals surface area (Å²) in [5.41, 5.74) is 0. The van der Waals surface area contributed by atoms with E-state index in [1.54, 1.807) is 6.26 Å². The molecule has 1 aliphatic rings. The molecule has 0 bridgehead atoms. The standard InChI is InChI=1S/C18H19Cl3N2O3/c19-12-8-14(21)17(9-13(12)20)26-11-18(24)22-10-15(16-4-3-7-25-16)23-5-1-2-6-23/h3-4,7-9,15H,1-2,5-6,10-11H2,(H,22,24). The van der Waals surface area contributed by atoms with Crippen LogP contribution in [0.2, 0.25) is 15.1 Å². The molecule has 3 rings (SSSR count). The van der Waals surface area contributed by atoms with E-state index in [0.717, 1.165) is 31.7 Å². The van der Waals surface area contributed by atoms with Crippen LogP contribution in [-0.4, -0.2) is 37.0 Å². The first-order valence-electron chi connectivity index (χ1n) is 8.36. The summed E-state index contributed by atoms with van der Waals surface area (Å²) >= 11 is 17.9. The van der Waals surface area contributed by atoms with Gasteiger partial charge in [-0.05, 0) is 44.1 Å². The molecule has 5 nitrogen and oxygen atoms in total. The summed E-state index contributed by atoms with van der Waals surface area (Å²) in [6, 6.07) is 6.79. The highest BCUT2D eigenvalue weighted by atomic mass is 35.5. The summed E-state index contributed by atoms with van der Waals surface area (Å²) in [5, 5.41) is 3.85. The minimum atomic E-state index is -0.247. The quantitative estimate of drug-likeness (QED) is 0.670. The molecule has 8 heteroatoms. The van der Waals surface area contributed by atoms with Crippen LogP contribution in [0.1, 0.15) is 24.6 Å². The highest BCUT2D eigenvalue weighted by molar-refractivity contribution is 6.43. The Morgan fingerprint density at radius 2 is 1.92 bits per heavy atom. The molecule has 0 saturated carbocycles. The maximum atomic E-state index is 12.2. The van der Waals surface area contributed by atoms with Crippen LogP contribution in [0.5, 0.6) is 5.75 Å². The smallest absolute Gasteiger partial charge is 0.258 e. The number of ether oxygens (including phenoxy) is 1. The van der Waals surface area contributed by atoms with Gasteiger partial charge in [0.25, 0.3) is 5.91 Å². The first-order chi connectivity index (χ1) is 12.5. The van der Waals surface area contributed by atoms with E-state index in [1.807, 2.05) is 12.1 Å². The molecular formula is C18H19Cl3N2O3. The number of nitrogens with zero attached hydrogens (tertiary/aromatic N) is 1. The molecular weight excluding hydrogens is 399 g/mol. The highest BCUT2D eigenvalue weighted by Crippen LogP contribution is 2.33. The fraction of sp³-hybridized carbons (Fsp3) is 0.389. The van der Waals surface area contributed by atoms with Gasteiger partial charge in [0.1, 0.15) is 11.5 Å². The summed E-state index contributed by atoms with van der Waals surface area (Å²) in [5.74, 6) is 0.918. The number of halogens is 3. The van der Waals surface area contributed by atoms with Crippen molar-refractivity contribution in [3.63, 3.8) is 0 Å². The second kappa shape index (κ2) is 9.00. The number of amides is 1. The Labute approximate surface area is 167 Å². The molecule has 1 fully saturated rings. The van der Waals surface area contributed by atoms with E-state index < -0.39 is 0 Å². The number of furan rings is 1. The van der Waals surface area contributed by atoms with Gasteiger partial charge in [0.05, 0.1) is 27.4 Å². The van der Waals surface area contributed by atoms with Gasteiger partial charge in [0, 0.05) is 12.6 Å². The van der Waals surface area contributed by atoms with Gasteiger partial charge < -0.3 is 14.5 Å². The van der Waals surface area contributed by atoms with Crippen molar-refractivity contribution >= 4 is 40.7 Å².